The molecule has 0 saturated carbocycles. The molecule has 104 valence electrons. The molecule has 0 unspecified atom stereocenters. The molecule has 1 atom stereocenters. The lowest BCUT2D eigenvalue weighted by molar-refractivity contribution is -0.119. The van der Waals surface area contributed by atoms with Crippen molar-refractivity contribution in [2.45, 2.75) is 18.9 Å². The topological polar surface area (TPSA) is 66.5 Å². The van der Waals surface area contributed by atoms with Gasteiger partial charge >= 0.3 is 0 Å². The largest absolute Gasteiger partial charge is 0.325 e. The second-order valence-corrected chi connectivity index (χ2v) is 6.90. The molecule has 1 N–H and O–H groups in total. The summed E-state index contributed by atoms with van der Waals surface area (Å²) in [5, 5.41) is 3.29. The Bertz CT molecular complexity index is 571. The van der Waals surface area contributed by atoms with Gasteiger partial charge in [0.1, 0.15) is 6.04 Å². The number of hydrogen-bond acceptors (Lipinski definition) is 3. The first-order valence-electron chi connectivity index (χ1n) is 5.91. The van der Waals surface area contributed by atoms with Gasteiger partial charge in [0, 0.05) is 17.3 Å². The van der Waals surface area contributed by atoms with Crippen molar-refractivity contribution in [2.75, 3.05) is 18.1 Å². The Hall–Kier alpha value is -1.11. The molecule has 1 amide bonds. The molecule has 1 aromatic rings. The van der Waals surface area contributed by atoms with Crippen LogP contribution in [0, 0.1) is 0 Å². The minimum atomic E-state index is -3.34. The summed E-state index contributed by atoms with van der Waals surface area (Å²) in [7, 11) is -3.34. The van der Waals surface area contributed by atoms with Gasteiger partial charge in [-0.2, -0.15) is 4.31 Å². The van der Waals surface area contributed by atoms with E-state index < -0.39 is 16.1 Å². The van der Waals surface area contributed by atoms with Gasteiger partial charge in [-0.1, -0.05) is 11.6 Å². The highest BCUT2D eigenvalue weighted by Gasteiger charge is 2.36. The van der Waals surface area contributed by atoms with Crippen LogP contribution in [0.25, 0.3) is 0 Å². The molecule has 1 aromatic carbocycles. The van der Waals surface area contributed by atoms with Gasteiger partial charge in [-0.15, -0.1) is 0 Å². The van der Waals surface area contributed by atoms with Gasteiger partial charge < -0.3 is 5.32 Å². The summed E-state index contributed by atoms with van der Waals surface area (Å²) in [6.45, 7) is 0.400. The van der Waals surface area contributed by atoms with Crippen molar-refractivity contribution in [3.8, 4) is 0 Å². The highest BCUT2D eigenvalue weighted by Crippen LogP contribution is 2.22. The fourth-order valence-corrected chi connectivity index (χ4v) is 3.41. The number of benzene rings is 1. The van der Waals surface area contributed by atoms with Gasteiger partial charge in [-0.25, -0.2) is 8.42 Å². The molecule has 0 aromatic heterocycles. The highest BCUT2D eigenvalue weighted by atomic mass is 35.5. The summed E-state index contributed by atoms with van der Waals surface area (Å²) in [6.07, 6.45) is 2.37. The fourth-order valence-electron chi connectivity index (χ4n) is 2.16. The van der Waals surface area contributed by atoms with Crippen LogP contribution in [0.1, 0.15) is 12.8 Å². The summed E-state index contributed by atoms with van der Waals surface area (Å²) in [6, 6.07) is 6.07. The molecule has 0 aliphatic carbocycles. The van der Waals surface area contributed by atoms with Crippen LogP contribution in [0.5, 0.6) is 0 Å². The molecular formula is C12H15ClN2O3S. The van der Waals surface area contributed by atoms with Crippen molar-refractivity contribution in [1.29, 1.82) is 0 Å². The Balaban J connectivity index is 2.09. The van der Waals surface area contributed by atoms with Crippen LogP contribution in [0.4, 0.5) is 5.69 Å². The van der Waals surface area contributed by atoms with E-state index in [4.69, 9.17) is 11.6 Å². The van der Waals surface area contributed by atoms with Gasteiger partial charge in [0.2, 0.25) is 15.9 Å². The number of halogens is 1. The van der Waals surface area contributed by atoms with Crippen LogP contribution in [0.3, 0.4) is 0 Å². The monoisotopic (exact) mass is 302 g/mol. The summed E-state index contributed by atoms with van der Waals surface area (Å²) in [5.74, 6) is -0.301. The summed E-state index contributed by atoms with van der Waals surface area (Å²) < 4.78 is 24.4. The Kier molecular flexibility index (Phi) is 4.13. The number of nitrogens with zero attached hydrogens (tertiary/aromatic N) is 1. The first-order valence-corrected chi connectivity index (χ1v) is 8.14. The van der Waals surface area contributed by atoms with Gasteiger partial charge in [0.25, 0.3) is 0 Å². The average molecular weight is 303 g/mol. The average Bonchev–Trinajstić information content (AvgIpc) is 2.81. The zero-order valence-electron chi connectivity index (χ0n) is 10.5. The van der Waals surface area contributed by atoms with Crippen molar-refractivity contribution in [3.63, 3.8) is 0 Å². The number of rotatable bonds is 3. The maximum Gasteiger partial charge on any atom is 0.242 e. The number of amides is 1. The molecule has 19 heavy (non-hydrogen) atoms. The minimum Gasteiger partial charge on any atom is -0.325 e. The van der Waals surface area contributed by atoms with E-state index >= 15 is 0 Å². The number of nitrogens with one attached hydrogen (secondary N) is 1. The fraction of sp³-hybridized carbons (Fsp3) is 0.417. The van der Waals surface area contributed by atoms with Gasteiger partial charge in [0.05, 0.1) is 6.26 Å². The van der Waals surface area contributed by atoms with E-state index in [0.29, 0.717) is 30.1 Å². The van der Waals surface area contributed by atoms with Crippen LogP contribution in [-0.2, 0) is 14.8 Å². The van der Waals surface area contributed by atoms with Crippen LogP contribution >= 0.6 is 11.6 Å². The van der Waals surface area contributed by atoms with Crippen LogP contribution in [-0.4, -0.2) is 37.5 Å². The number of anilines is 1. The van der Waals surface area contributed by atoms with Crippen molar-refractivity contribution in [1.82, 2.24) is 4.31 Å². The van der Waals surface area contributed by atoms with E-state index in [9.17, 15) is 13.2 Å². The predicted octanol–water partition coefficient (Wildman–Crippen LogP) is 1.70. The Morgan fingerprint density at radius 2 is 2.00 bits per heavy atom. The van der Waals surface area contributed by atoms with Crippen LogP contribution < -0.4 is 5.32 Å². The summed E-state index contributed by atoms with van der Waals surface area (Å²) in [4.78, 5) is 12.1. The minimum absolute atomic E-state index is 0.301. The molecule has 2 rings (SSSR count). The second-order valence-electron chi connectivity index (χ2n) is 4.53. The molecule has 0 radical (unpaired) electrons. The molecule has 7 heteroatoms. The van der Waals surface area contributed by atoms with Gasteiger partial charge in [0.15, 0.2) is 0 Å². The smallest absolute Gasteiger partial charge is 0.242 e. The third-order valence-corrected chi connectivity index (χ3v) is 4.59. The zero-order valence-corrected chi connectivity index (χ0v) is 12.0. The van der Waals surface area contributed by atoms with E-state index in [1.807, 2.05) is 0 Å². The van der Waals surface area contributed by atoms with Gasteiger partial charge in [-0.3, -0.25) is 4.79 Å². The molecule has 1 aliphatic rings. The third-order valence-electron chi connectivity index (χ3n) is 3.04. The van der Waals surface area contributed by atoms with Crippen molar-refractivity contribution < 1.29 is 13.2 Å². The molecule has 0 bridgehead atoms. The lowest BCUT2D eigenvalue weighted by atomic mass is 10.2. The first kappa shape index (κ1) is 14.3. The van der Waals surface area contributed by atoms with Gasteiger partial charge in [-0.05, 0) is 37.1 Å². The molecule has 0 spiro atoms. The van der Waals surface area contributed by atoms with E-state index in [-0.39, 0.29) is 5.91 Å². The molecule has 1 heterocycles. The third kappa shape index (κ3) is 3.46. The Morgan fingerprint density at radius 3 is 2.58 bits per heavy atom. The van der Waals surface area contributed by atoms with E-state index in [1.165, 1.54) is 4.31 Å². The molecule has 1 aliphatic heterocycles. The van der Waals surface area contributed by atoms with Crippen LogP contribution in [0.2, 0.25) is 5.02 Å². The highest BCUT2D eigenvalue weighted by molar-refractivity contribution is 7.88. The maximum atomic E-state index is 12.1. The van der Waals surface area contributed by atoms with Crippen LogP contribution in [0.15, 0.2) is 24.3 Å². The molecule has 1 fully saturated rings. The standard InChI is InChI=1S/C12H15ClN2O3S/c1-19(17,18)15-8-2-3-11(15)12(16)14-10-6-4-9(13)5-7-10/h4-7,11H,2-3,8H2,1H3,(H,14,16)/t11-/m1/s1. The van der Waals surface area contributed by atoms with Crippen molar-refractivity contribution >= 4 is 33.2 Å². The summed E-state index contributed by atoms with van der Waals surface area (Å²) >= 11 is 5.76. The zero-order chi connectivity index (χ0) is 14.0. The normalized spacial score (nSPS) is 20.4. The number of hydrogen-bond donors (Lipinski definition) is 1. The molecule has 1 saturated heterocycles. The lowest BCUT2D eigenvalue weighted by Crippen LogP contribution is -2.42. The number of carbonyl (C=O) groups is 1. The van der Waals surface area contributed by atoms with E-state index in [0.717, 1.165) is 6.26 Å². The molecule has 5 nitrogen and oxygen atoms in total. The number of carbonyl (C=O) groups excluding carboxylic acids is 1. The number of sulfonamides is 1. The van der Waals surface area contributed by atoms with Crippen molar-refractivity contribution in [3.05, 3.63) is 29.3 Å². The van der Waals surface area contributed by atoms with E-state index in [2.05, 4.69) is 5.32 Å². The Morgan fingerprint density at radius 1 is 1.37 bits per heavy atom. The molecular weight excluding hydrogens is 288 g/mol. The predicted molar refractivity (Wildman–Crippen MR) is 74.7 cm³/mol. The Labute approximate surface area is 117 Å². The summed E-state index contributed by atoms with van der Waals surface area (Å²) in [5.41, 5.74) is 0.606. The van der Waals surface area contributed by atoms with Crippen molar-refractivity contribution in [2.24, 2.45) is 0 Å². The SMILES string of the molecule is CS(=O)(=O)N1CCC[C@@H]1C(=O)Nc1ccc(Cl)cc1. The quantitative estimate of drug-likeness (QED) is 0.924. The lowest BCUT2D eigenvalue weighted by Gasteiger charge is -2.21. The first-order chi connectivity index (χ1) is 8.88. The maximum absolute atomic E-state index is 12.1. The van der Waals surface area contributed by atoms with E-state index in [1.54, 1.807) is 24.3 Å². The second kappa shape index (κ2) is 5.48.